The molecular formula is C9H17O10P. The molecule has 1 aliphatic heterocycles. The first-order valence-corrected chi connectivity index (χ1v) is 7.15. The Morgan fingerprint density at radius 1 is 1.20 bits per heavy atom. The molecule has 0 aromatic rings. The van der Waals surface area contributed by atoms with E-state index in [0.29, 0.717) is 0 Å². The van der Waals surface area contributed by atoms with Crippen LogP contribution in [-0.4, -0.2) is 74.8 Å². The summed E-state index contributed by atoms with van der Waals surface area (Å²) in [5, 5.41) is 28.8. The van der Waals surface area contributed by atoms with Crippen LogP contribution in [0.2, 0.25) is 0 Å². The zero-order valence-electron chi connectivity index (χ0n) is 10.5. The number of carbonyl (C=O) groups excluding carboxylic acids is 1. The number of aliphatic hydroxyl groups is 3. The molecule has 5 N–H and O–H groups in total. The SMILES string of the molecule is CC(=O)COC1OC(COP(=O)(O)O)[C@@H](O)[C@H](O)[C@H]1O. The van der Waals surface area contributed by atoms with Gasteiger partial charge in [-0.2, -0.15) is 0 Å². The highest BCUT2D eigenvalue weighted by Gasteiger charge is 2.45. The molecule has 118 valence electrons. The van der Waals surface area contributed by atoms with Crippen molar-refractivity contribution in [1.82, 2.24) is 0 Å². The minimum Gasteiger partial charge on any atom is -0.387 e. The van der Waals surface area contributed by atoms with Crippen molar-refractivity contribution in [2.75, 3.05) is 13.2 Å². The zero-order chi connectivity index (χ0) is 15.5. The number of hydrogen-bond acceptors (Lipinski definition) is 8. The normalized spacial score (nSPS) is 35.0. The quantitative estimate of drug-likeness (QED) is 0.331. The van der Waals surface area contributed by atoms with Crippen LogP contribution in [0.1, 0.15) is 6.92 Å². The summed E-state index contributed by atoms with van der Waals surface area (Å²) >= 11 is 0. The van der Waals surface area contributed by atoms with E-state index in [0.717, 1.165) is 0 Å². The predicted molar refractivity (Wildman–Crippen MR) is 61.3 cm³/mol. The molecule has 0 amide bonds. The van der Waals surface area contributed by atoms with Gasteiger partial charge < -0.3 is 34.6 Å². The van der Waals surface area contributed by atoms with Crippen molar-refractivity contribution in [1.29, 1.82) is 0 Å². The molecule has 5 atom stereocenters. The Balaban J connectivity index is 2.65. The molecule has 0 aromatic heterocycles. The van der Waals surface area contributed by atoms with Crippen molar-refractivity contribution >= 4 is 13.6 Å². The number of carbonyl (C=O) groups is 1. The minimum absolute atomic E-state index is 0.357. The smallest absolute Gasteiger partial charge is 0.387 e. The van der Waals surface area contributed by atoms with Gasteiger partial charge in [-0.05, 0) is 6.92 Å². The maximum atomic E-state index is 10.8. The van der Waals surface area contributed by atoms with Gasteiger partial charge in [-0.25, -0.2) is 4.57 Å². The molecule has 1 heterocycles. The molecule has 0 aromatic carbocycles. The van der Waals surface area contributed by atoms with Crippen molar-refractivity contribution in [2.24, 2.45) is 0 Å². The minimum atomic E-state index is -4.77. The van der Waals surface area contributed by atoms with Crippen molar-refractivity contribution in [3.63, 3.8) is 0 Å². The second-order valence-electron chi connectivity index (χ2n) is 4.31. The summed E-state index contributed by atoms with van der Waals surface area (Å²) in [6.07, 6.45) is -7.68. The lowest BCUT2D eigenvalue weighted by molar-refractivity contribution is -0.298. The lowest BCUT2D eigenvalue weighted by atomic mass is 9.99. The van der Waals surface area contributed by atoms with Crippen LogP contribution in [0.25, 0.3) is 0 Å². The van der Waals surface area contributed by atoms with E-state index in [4.69, 9.17) is 19.3 Å². The third-order valence-corrected chi connectivity index (χ3v) is 3.01. The van der Waals surface area contributed by atoms with Gasteiger partial charge in [0.25, 0.3) is 0 Å². The molecule has 1 rings (SSSR count). The molecule has 10 nitrogen and oxygen atoms in total. The Labute approximate surface area is 114 Å². The highest BCUT2D eigenvalue weighted by molar-refractivity contribution is 7.46. The summed E-state index contributed by atoms with van der Waals surface area (Å²) in [6, 6.07) is 0. The predicted octanol–water partition coefficient (Wildman–Crippen LogP) is -2.49. The number of ether oxygens (including phenoxy) is 2. The third-order valence-electron chi connectivity index (χ3n) is 2.53. The summed E-state index contributed by atoms with van der Waals surface area (Å²) in [7, 11) is -4.77. The number of hydrogen-bond donors (Lipinski definition) is 5. The van der Waals surface area contributed by atoms with Crippen LogP contribution in [-0.2, 0) is 23.4 Å². The summed E-state index contributed by atoms with van der Waals surface area (Å²) in [5.74, 6) is -0.357. The van der Waals surface area contributed by atoms with Crippen molar-refractivity contribution in [2.45, 2.75) is 37.6 Å². The standard InChI is InChI=1S/C9H17O10P/c1-4(10)2-17-9-8(13)7(12)6(11)5(19-9)3-18-20(14,15)16/h5-9,11-13H,2-3H2,1H3,(H2,14,15,16)/t5?,6-,7+,8-,9?/m1/s1. The van der Waals surface area contributed by atoms with Gasteiger partial charge in [-0.15, -0.1) is 0 Å². The van der Waals surface area contributed by atoms with E-state index in [2.05, 4.69) is 4.52 Å². The number of phosphoric acid groups is 1. The fourth-order valence-corrected chi connectivity index (χ4v) is 1.90. The van der Waals surface area contributed by atoms with E-state index < -0.39 is 51.7 Å². The fraction of sp³-hybridized carbons (Fsp3) is 0.889. The Morgan fingerprint density at radius 3 is 2.30 bits per heavy atom. The highest BCUT2D eigenvalue weighted by Crippen LogP contribution is 2.37. The van der Waals surface area contributed by atoms with Crippen LogP contribution in [0.3, 0.4) is 0 Å². The average molecular weight is 316 g/mol. The van der Waals surface area contributed by atoms with Crippen LogP contribution < -0.4 is 0 Å². The number of Topliss-reactive ketones (excluding diaryl/α,β-unsaturated/α-hetero) is 1. The van der Waals surface area contributed by atoms with Gasteiger partial charge in [0.1, 0.15) is 31.0 Å². The van der Waals surface area contributed by atoms with Gasteiger partial charge in [-0.3, -0.25) is 9.32 Å². The van der Waals surface area contributed by atoms with E-state index in [1.54, 1.807) is 0 Å². The first kappa shape index (κ1) is 17.6. The van der Waals surface area contributed by atoms with Crippen LogP contribution >= 0.6 is 7.82 Å². The molecule has 1 aliphatic rings. The topological polar surface area (TPSA) is 163 Å². The van der Waals surface area contributed by atoms with E-state index >= 15 is 0 Å². The van der Waals surface area contributed by atoms with Crippen molar-refractivity contribution in [3.8, 4) is 0 Å². The maximum absolute atomic E-state index is 10.8. The van der Waals surface area contributed by atoms with Gasteiger partial charge >= 0.3 is 7.82 Å². The summed E-state index contributed by atoms with van der Waals surface area (Å²) in [5.41, 5.74) is 0. The first-order valence-electron chi connectivity index (χ1n) is 5.62. The monoisotopic (exact) mass is 316 g/mol. The summed E-state index contributed by atoms with van der Waals surface area (Å²) in [6.45, 7) is 0.112. The van der Waals surface area contributed by atoms with Crippen molar-refractivity contribution in [3.05, 3.63) is 0 Å². The highest BCUT2D eigenvalue weighted by atomic mass is 31.2. The molecule has 0 bridgehead atoms. The maximum Gasteiger partial charge on any atom is 0.469 e. The van der Waals surface area contributed by atoms with E-state index in [1.165, 1.54) is 6.92 Å². The molecule has 11 heteroatoms. The Bertz CT molecular complexity index is 381. The Kier molecular flexibility index (Phi) is 6.20. The average Bonchev–Trinajstić information content (AvgIpc) is 2.32. The Morgan fingerprint density at radius 2 is 1.80 bits per heavy atom. The second kappa shape index (κ2) is 7.03. The van der Waals surface area contributed by atoms with Gasteiger partial charge in [0.15, 0.2) is 12.1 Å². The van der Waals surface area contributed by atoms with E-state index in [1.807, 2.05) is 0 Å². The van der Waals surface area contributed by atoms with E-state index in [9.17, 15) is 24.7 Å². The molecule has 0 saturated carbocycles. The van der Waals surface area contributed by atoms with Gasteiger partial charge in [0, 0.05) is 0 Å². The largest absolute Gasteiger partial charge is 0.469 e. The zero-order valence-corrected chi connectivity index (χ0v) is 11.4. The lowest BCUT2D eigenvalue weighted by Crippen LogP contribution is -2.59. The summed E-state index contributed by atoms with van der Waals surface area (Å²) < 4.78 is 24.7. The molecular weight excluding hydrogens is 299 g/mol. The second-order valence-corrected chi connectivity index (χ2v) is 5.55. The van der Waals surface area contributed by atoms with Crippen LogP contribution in [0.15, 0.2) is 0 Å². The number of rotatable bonds is 6. The Hall–Kier alpha value is -0.420. The lowest BCUT2D eigenvalue weighted by Gasteiger charge is -2.39. The molecule has 2 unspecified atom stereocenters. The molecule has 0 spiro atoms. The molecule has 1 saturated heterocycles. The molecule has 0 aliphatic carbocycles. The van der Waals surface area contributed by atoms with Gasteiger partial charge in [-0.1, -0.05) is 0 Å². The molecule has 1 fully saturated rings. The van der Waals surface area contributed by atoms with Gasteiger partial charge in [0.05, 0.1) is 6.61 Å². The number of aliphatic hydroxyl groups excluding tert-OH is 3. The van der Waals surface area contributed by atoms with Crippen molar-refractivity contribution < 1.29 is 48.5 Å². The number of phosphoric ester groups is 1. The van der Waals surface area contributed by atoms with Crippen LogP contribution in [0.5, 0.6) is 0 Å². The third kappa shape index (κ3) is 5.17. The first-order chi connectivity index (χ1) is 9.11. The van der Waals surface area contributed by atoms with Gasteiger partial charge in [0.2, 0.25) is 0 Å². The number of ketones is 1. The summed E-state index contributed by atoms with van der Waals surface area (Å²) in [4.78, 5) is 27.9. The molecule has 0 radical (unpaired) electrons. The van der Waals surface area contributed by atoms with E-state index in [-0.39, 0.29) is 5.78 Å². The fourth-order valence-electron chi connectivity index (χ4n) is 1.56. The van der Waals surface area contributed by atoms with Crippen LogP contribution in [0.4, 0.5) is 0 Å². The molecule has 20 heavy (non-hydrogen) atoms. The van der Waals surface area contributed by atoms with Crippen LogP contribution in [0, 0.1) is 0 Å².